The number of methoxy groups -OCH3 is 1. The first-order chi connectivity index (χ1) is 17.3. The van der Waals surface area contributed by atoms with Crippen molar-refractivity contribution in [2.24, 2.45) is 10.9 Å². The van der Waals surface area contributed by atoms with Gasteiger partial charge in [-0.2, -0.15) is 8.42 Å². The quantitative estimate of drug-likeness (QED) is 0.226. The summed E-state index contributed by atoms with van der Waals surface area (Å²) in [6.45, 7) is -0.405. The van der Waals surface area contributed by atoms with Gasteiger partial charge >= 0.3 is 0 Å². The SMILES string of the molecule is COCCN(c1cccc(Cc2cc(C(N)=O)c(Nc3ccc(I)cc3F)c(F)c2F)c1F)S(N)(=O)=O. The van der Waals surface area contributed by atoms with Gasteiger partial charge in [-0.05, 0) is 64.0 Å². The molecule has 14 heteroatoms. The van der Waals surface area contributed by atoms with Crippen LogP contribution in [-0.4, -0.2) is 34.6 Å². The molecule has 0 fully saturated rings. The third-order valence-corrected chi connectivity index (χ3v) is 6.92. The molecule has 5 N–H and O–H groups in total. The van der Waals surface area contributed by atoms with E-state index in [4.69, 9.17) is 15.6 Å². The number of nitrogens with one attached hydrogen (secondary N) is 1. The number of primary amides is 1. The second-order valence-electron chi connectivity index (χ2n) is 7.74. The number of ether oxygens (including phenoxy) is 1. The average Bonchev–Trinajstić information content (AvgIpc) is 2.81. The van der Waals surface area contributed by atoms with Crippen LogP contribution in [-0.2, 0) is 21.4 Å². The molecule has 0 bridgehead atoms. The summed E-state index contributed by atoms with van der Waals surface area (Å²) in [5.41, 5.74) is 2.84. The maximum Gasteiger partial charge on any atom is 0.299 e. The first kappa shape index (κ1) is 28.6. The second kappa shape index (κ2) is 11.6. The summed E-state index contributed by atoms with van der Waals surface area (Å²) in [6.07, 6.45) is -0.580. The zero-order valence-electron chi connectivity index (χ0n) is 19.2. The number of rotatable bonds is 10. The van der Waals surface area contributed by atoms with Crippen LogP contribution in [0.5, 0.6) is 0 Å². The molecule has 0 saturated heterocycles. The highest BCUT2D eigenvalue weighted by molar-refractivity contribution is 14.1. The van der Waals surface area contributed by atoms with Gasteiger partial charge in [0.25, 0.3) is 16.1 Å². The second-order valence-corrected chi connectivity index (χ2v) is 10.5. The van der Waals surface area contributed by atoms with Gasteiger partial charge in [0.05, 0.1) is 35.8 Å². The average molecular weight is 652 g/mol. The van der Waals surface area contributed by atoms with Crippen molar-refractivity contribution in [1.82, 2.24) is 0 Å². The lowest BCUT2D eigenvalue weighted by atomic mass is 9.99. The molecule has 3 aromatic rings. The van der Waals surface area contributed by atoms with Crippen molar-refractivity contribution < 1.29 is 35.5 Å². The molecule has 0 saturated carbocycles. The molecule has 0 unspecified atom stereocenters. The number of carbonyl (C=O) groups excluding carboxylic acids is 1. The fourth-order valence-electron chi connectivity index (χ4n) is 3.51. The summed E-state index contributed by atoms with van der Waals surface area (Å²) in [5.74, 6) is -5.96. The lowest BCUT2D eigenvalue weighted by Crippen LogP contribution is -2.39. The highest BCUT2D eigenvalue weighted by Crippen LogP contribution is 2.32. The summed E-state index contributed by atoms with van der Waals surface area (Å²) >= 11 is 1.86. The minimum Gasteiger partial charge on any atom is -0.383 e. The minimum absolute atomic E-state index is 0.0997. The van der Waals surface area contributed by atoms with Crippen molar-refractivity contribution in [1.29, 1.82) is 0 Å². The summed E-state index contributed by atoms with van der Waals surface area (Å²) in [6, 6.07) is 8.51. The first-order valence-corrected chi connectivity index (χ1v) is 13.0. The molecule has 0 atom stereocenters. The lowest BCUT2D eigenvalue weighted by molar-refractivity contribution is 0.100. The first-order valence-electron chi connectivity index (χ1n) is 10.4. The standard InChI is InChI=1S/C23H21F4IN4O4S/c1-36-8-7-32(37(30,34)35)18-4-2-3-12(19(18)25)9-13-10-15(23(29)33)22(21(27)20(13)26)31-17-6-5-14(28)11-16(17)24/h2-6,10-11,31H,7-9H2,1H3,(H2,29,33)(H2,30,34,35). The molecule has 0 aliphatic rings. The van der Waals surface area contributed by atoms with Crippen molar-refractivity contribution in [3.8, 4) is 0 Å². The molecule has 0 aromatic heterocycles. The minimum atomic E-state index is -4.40. The Labute approximate surface area is 223 Å². The number of carbonyl (C=O) groups is 1. The fraction of sp³-hybridized carbons (Fsp3) is 0.174. The van der Waals surface area contributed by atoms with E-state index in [1.54, 1.807) is 0 Å². The molecule has 0 aliphatic heterocycles. The smallest absolute Gasteiger partial charge is 0.299 e. The summed E-state index contributed by atoms with van der Waals surface area (Å²) in [5, 5.41) is 7.55. The molecular formula is C23H21F4IN4O4S. The van der Waals surface area contributed by atoms with Gasteiger partial charge < -0.3 is 15.8 Å². The van der Waals surface area contributed by atoms with Crippen molar-refractivity contribution in [3.05, 3.63) is 86.0 Å². The third-order valence-electron chi connectivity index (χ3n) is 5.25. The number of hydrogen-bond donors (Lipinski definition) is 3. The molecule has 0 spiro atoms. The highest BCUT2D eigenvalue weighted by Gasteiger charge is 2.26. The van der Waals surface area contributed by atoms with Crippen molar-refractivity contribution in [2.45, 2.75) is 6.42 Å². The molecule has 3 aromatic carbocycles. The summed E-state index contributed by atoms with van der Waals surface area (Å²) in [4.78, 5) is 12.1. The van der Waals surface area contributed by atoms with E-state index in [-0.39, 0.29) is 24.4 Å². The molecule has 0 aliphatic carbocycles. The fourth-order valence-corrected chi connectivity index (χ4v) is 4.71. The number of amides is 1. The number of benzene rings is 3. The Hall–Kier alpha value is -2.95. The zero-order chi connectivity index (χ0) is 27.5. The lowest BCUT2D eigenvalue weighted by Gasteiger charge is -2.23. The van der Waals surface area contributed by atoms with Crippen molar-refractivity contribution in [3.63, 3.8) is 0 Å². The van der Waals surface area contributed by atoms with E-state index in [2.05, 4.69) is 5.32 Å². The largest absolute Gasteiger partial charge is 0.383 e. The van der Waals surface area contributed by atoms with Crippen LogP contribution in [0.3, 0.4) is 0 Å². The van der Waals surface area contributed by atoms with Gasteiger partial charge in [-0.25, -0.2) is 22.7 Å². The monoisotopic (exact) mass is 652 g/mol. The van der Waals surface area contributed by atoms with E-state index in [0.717, 1.165) is 18.2 Å². The van der Waals surface area contributed by atoms with Crippen molar-refractivity contribution in [2.75, 3.05) is 29.9 Å². The maximum atomic E-state index is 15.3. The number of halogens is 5. The molecule has 8 nitrogen and oxygen atoms in total. The number of nitrogens with zero attached hydrogens (tertiary/aromatic N) is 1. The van der Waals surface area contributed by atoms with Crippen LogP contribution in [0.2, 0.25) is 0 Å². The Morgan fingerprint density at radius 2 is 1.76 bits per heavy atom. The van der Waals surface area contributed by atoms with Crippen LogP contribution in [0, 0.1) is 26.8 Å². The van der Waals surface area contributed by atoms with Gasteiger partial charge in [0, 0.05) is 17.1 Å². The van der Waals surface area contributed by atoms with Crippen LogP contribution in [0.25, 0.3) is 0 Å². The van der Waals surface area contributed by atoms with Crippen LogP contribution in [0.1, 0.15) is 21.5 Å². The Kier molecular flexibility index (Phi) is 8.99. The zero-order valence-corrected chi connectivity index (χ0v) is 22.2. The third kappa shape index (κ3) is 6.49. The van der Waals surface area contributed by atoms with Crippen LogP contribution < -0.4 is 20.5 Å². The van der Waals surface area contributed by atoms with Crippen LogP contribution in [0.4, 0.5) is 34.6 Å². The predicted molar refractivity (Wildman–Crippen MR) is 139 cm³/mol. The van der Waals surface area contributed by atoms with Crippen LogP contribution in [0.15, 0.2) is 42.5 Å². The summed E-state index contributed by atoms with van der Waals surface area (Å²) in [7, 11) is -3.09. The van der Waals surface area contributed by atoms with E-state index in [0.29, 0.717) is 7.88 Å². The normalized spacial score (nSPS) is 11.4. The topological polar surface area (TPSA) is 128 Å². The molecule has 0 heterocycles. The molecule has 3 rings (SSSR count). The molecule has 198 valence electrons. The molecule has 37 heavy (non-hydrogen) atoms. The highest BCUT2D eigenvalue weighted by atomic mass is 127. The van der Waals surface area contributed by atoms with Gasteiger partial charge in [-0.1, -0.05) is 12.1 Å². The van der Waals surface area contributed by atoms with E-state index < -0.39 is 68.3 Å². The Bertz CT molecular complexity index is 1460. The number of nitrogens with two attached hydrogens (primary N) is 2. The predicted octanol–water partition coefficient (Wildman–Crippen LogP) is 3.94. The van der Waals surface area contributed by atoms with E-state index in [1.165, 1.54) is 31.4 Å². The van der Waals surface area contributed by atoms with Gasteiger partial charge in [0.2, 0.25) is 0 Å². The van der Waals surface area contributed by atoms with E-state index >= 15 is 13.2 Å². The molecule has 0 radical (unpaired) electrons. The van der Waals surface area contributed by atoms with Crippen LogP contribution >= 0.6 is 22.6 Å². The molecular weight excluding hydrogens is 631 g/mol. The Balaban J connectivity index is 2.06. The van der Waals surface area contributed by atoms with E-state index in [9.17, 15) is 17.6 Å². The Morgan fingerprint density at radius 3 is 2.35 bits per heavy atom. The molecule has 1 amide bonds. The van der Waals surface area contributed by atoms with E-state index in [1.807, 2.05) is 22.6 Å². The maximum absolute atomic E-state index is 15.3. The number of hydrogen-bond acceptors (Lipinski definition) is 5. The van der Waals surface area contributed by atoms with Gasteiger partial charge in [-0.15, -0.1) is 0 Å². The Morgan fingerprint density at radius 1 is 1.05 bits per heavy atom. The van der Waals surface area contributed by atoms with Crippen molar-refractivity contribution >= 4 is 55.8 Å². The number of anilines is 3. The summed E-state index contributed by atoms with van der Waals surface area (Å²) < 4.78 is 89.7. The van der Waals surface area contributed by atoms with Gasteiger partial charge in [0.1, 0.15) is 5.82 Å². The van der Waals surface area contributed by atoms with Gasteiger partial charge in [-0.3, -0.25) is 9.10 Å². The van der Waals surface area contributed by atoms with Gasteiger partial charge in [0.15, 0.2) is 17.5 Å².